The summed E-state index contributed by atoms with van der Waals surface area (Å²) in [5, 5.41) is 3.84. The highest BCUT2D eigenvalue weighted by Gasteiger charge is 2.11. The van der Waals surface area contributed by atoms with E-state index in [1.54, 1.807) is 18.2 Å². The molecule has 3 nitrogen and oxygen atoms in total. The fourth-order valence-corrected chi connectivity index (χ4v) is 3.81. The number of halogens is 4. The van der Waals surface area contributed by atoms with Crippen LogP contribution in [0, 0.1) is 11.6 Å². The molecule has 9 heteroatoms. The molecule has 0 aliphatic rings. The molecular weight excluding hydrogens is 407 g/mol. The third-order valence-electron chi connectivity index (χ3n) is 3.17. The van der Waals surface area contributed by atoms with Crippen molar-refractivity contribution in [2.24, 2.45) is 0 Å². The van der Waals surface area contributed by atoms with Crippen LogP contribution >= 0.6 is 46.5 Å². The number of hydrogen-bond acceptors (Lipinski definition) is 5. The summed E-state index contributed by atoms with van der Waals surface area (Å²) in [5.41, 5.74) is 0.865. The lowest BCUT2D eigenvalue weighted by Gasteiger charge is -2.11. The molecule has 1 aromatic heterocycles. The van der Waals surface area contributed by atoms with Gasteiger partial charge in [0.05, 0.1) is 21.8 Å². The minimum Gasteiger partial charge on any atom is -0.380 e. The summed E-state index contributed by atoms with van der Waals surface area (Å²) in [7, 11) is 0. The van der Waals surface area contributed by atoms with E-state index in [2.05, 4.69) is 15.0 Å². The first-order valence-corrected chi connectivity index (χ1v) is 9.42. The molecule has 0 saturated heterocycles. The number of anilines is 2. The van der Waals surface area contributed by atoms with Crippen molar-refractivity contribution in [2.75, 3.05) is 10.0 Å². The van der Waals surface area contributed by atoms with Gasteiger partial charge in [0.1, 0.15) is 16.0 Å². The average Bonchev–Trinajstić information content (AvgIpc) is 3.00. The Balaban J connectivity index is 1.68. The second-order valence-electron chi connectivity index (χ2n) is 4.88. The summed E-state index contributed by atoms with van der Waals surface area (Å²) in [5.74, 6) is -0.786. The quantitative estimate of drug-likeness (QED) is 0.451. The summed E-state index contributed by atoms with van der Waals surface area (Å²) in [6.45, 7) is 0.203. The van der Waals surface area contributed by atoms with Gasteiger partial charge < -0.3 is 10.0 Å². The molecule has 0 aliphatic carbocycles. The Morgan fingerprint density at radius 1 is 1.12 bits per heavy atom. The van der Waals surface area contributed by atoms with Crippen molar-refractivity contribution in [3.63, 3.8) is 0 Å². The largest absolute Gasteiger partial charge is 0.380 e. The highest BCUT2D eigenvalue weighted by atomic mass is 35.5. The van der Waals surface area contributed by atoms with E-state index in [4.69, 9.17) is 23.2 Å². The van der Waals surface area contributed by atoms with Crippen molar-refractivity contribution >= 4 is 57.3 Å². The molecule has 2 N–H and O–H groups in total. The third kappa shape index (κ3) is 4.76. The number of hydrogen-bond donors (Lipinski definition) is 2. The van der Waals surface area contributed by atoms with Gasteiger partial charge in [-0.15, -0.1) is 0 Å². The second-order valence-corrected chi connectivity index (χ2v) is 7.80. The van der Waals surface area contributed by atoms with E-state index in [1.165, 1.54) is 35.7 Å². The second kappa shape index (κ2) is 8.23. The highest BCUT2D eigenvalue weighted by Crippen LogP contribution is 2.33. The molecule has 2 aromatic carbocycles. The Morgan fingerprint density at radius 2 is 1.92 bits per heavy atom. The molecule has 130 valence electrons. The van der Waals surface area contributed by atoms with Crippen LogP contribution in [-0.2, 0) is 6.54 Å². The maximum absolute atomic E-state index is 14.3. The van der Waals surface area contributed by atoms with Gasteiger partial charge in [-0.1, -0.05) is 52.7 Å². The van der Waals surface area contributed by atoms with Gasteiger partial charge in [0, 0.05) is 12.1 Å². The van der Waals surface area contributed by atoms with E-state index in [1.807, 2.05) is 0 Å². The van der Waals surface area contributed by atoms with Crippen molar-refractivity contribution in [3.8, 4) is 0 Å². The zero-order chi connectivity index (χ0) is 17.8. The number of nitrogens with zero attached hydrogens (tertiary/aromatic N) is 1. The van der Waals surface area contributed by atoms with E-state index in [-0.39, 0.29) is 12.4 Å². The molecule has 0 radical (unpaired) electrons. The van der Waals surface area contributed by atoms with Gasteiger partial charge in [0.15, 0.2) is 5.13 Å². The molecular formula is C16H11Cl2F2N3S2. The van der Waals surface area contributed by atoms with Gasteiger partial charge >= 0.3 is 0 Å². The molecule has 0 unspecified atom stereocenters. The smallest absolute Gasteiger partial charge is 0.194 e. The number of aromatic nitrogens is 1. The van der Waals surface area contributed by atoms with E-state index in [9.17, 15) is 8.78 Å². The third-order valence-corrected chi connectivity index (χ3v) is 5.47. The molecule has 0 atom stereocenters. The van der Waals surface area contributed by atoms with Crippen LogP contribution in [0.4, 0.5) is 19.6 Å². The topological polar surface area (TPSA) is 37.0 Å². The molecule has 0 spiro atoms. The van der Waals surface area contributed by atoms with Gasteiger partial charge in [0.2, 0.25) is 0 Å². The maximum Gasteiger partial charge on any atom is 0.194 e. The summed E-state index contributed by atoms with van der Waals surface area (Å²) >= 11 is 14.3. The normalized spacial score (nSPS) is 10.7. The van der Waals surface area contributed by atoms with E-state index in [0.29, 0.717) is 30.6 Å². The molecule has 3 rings (SSSR count). The van der Waals surface area contributed by atoms with Crippen LogP contribution in [0.1, 0.15) is 5.56 Å². The summed E-state index contributed by atoms with van der Waals surface area (Å²) < 4.78 is 31.3. The standard InChI is InChI=1S/C16H11Cl2F2N3S2/c17-10-5-14(25-23-16-22-8-15(18)24-16)12(20)6-13(10)21-7-9-3-1-2-4-11(9)19/h1-6,8,21H,7H2,(H,22,23). The zero-order valence-electron chi connectivity index (χ0n) is 12.5. The molecule has 0 fully saturated rings. The summed E-state index contributed by atoms with van der Waals surface area (Å²) in [4.78, 5) is 4.34. The van der Waals surface area contributed by atoms with Crippen LogP contribution in [0.3, 0.4) is 0 Å². The van der Waals surface area contributed by atoms with Crippen LogP contribution in [-0.4, -0.2) is 4.98 Å². The number of thiazole rings is 1. The predicted octanol–water partition coefficient (Wildman–Crippen LogP) is 6.46. The molecule has 0 saturated carbocycles. The molecule has 0 amide bonds. The van der Waals surface area contributed by atoms with Crippen molar-refractivity contribution < 1.29 is 8.78 Å². The van der Waals surface area contributed by atoms with Crippen LogP contribution in [0.25, 0.3) is 0 Å². The molecule has 1 heterocycles. The Hall–Kier alpha value is -1.54. The summed E-state index contributed by atoms with van der Waals surface area (Å²) in [6.07, 6.45) is 1.51. The number of nitrogens with one attached hydrogen (secondary N) is 2. The lowest BCUT2D eigenvalue weighted by atomic mass is 10.2. The van der Waals surface area contributed by atoms with Crippen LogP contribution in [0.15, 0.2) is 47.5 Å². The van der Waals surface area contributed by atoms with E-state index < -0.39 is 5.82 Å². The van der Waals surface area contributed by atoms with Crippen molar-refractivity contribution in [2.45, 2.75) is 11.4 Å². The van der Waals surface area contributed by atoms with Gasteiger partial charge in [0.25, 0.3) is 0 Å². The predicted molar refractivity (Wildman–Crippen MR) is 102 cm³/mol. The van der Waals surface area contributed by atoms with E-state index >= 15 is 0 Å². The SMILES string of the molecule is Fc1ccccc1CNc1cc(F)c(SNc2ncc(Cl)s2)cc1Cl. The molecule has 25 heavy (non-hydrogen) atoms. The maximum atomic E-state index is 14.3. The van der Waals surface area contributed by atoms with Gasteiger partial charge in [-0.2, -0.15) is 0 Å². The fourth-order valence-electron chi connectivity index (χ4n) is 1.97. The fraction of sp³-hybridized carbons (Fsp3) is 0.0625. The first-order valence-electron chi connectivity index (χ1n) is 7.03. The van der Waals surface area contributed by atoms with Crippen molar-refractivity contribution in [1.82, 2.24) is 4.98 Å². The van der Waals surface area contributed by atoms with Crippen LogP contribution in [0.5, 0.6) is 0 Å². The average molecular weight is 418 g/mol. The minimum atomic E-state index is -0.458. The van der Waals surface area contributed by atoms with Gasteiger partial charge in [-0.05, 0) is 30.1 Å². The highest BCUT2D eigenvalue weighted by molar-refractivity contribution is 8.00. The van der Waals surface area contributed by atoms with Gasteiger partial charge in [-0.25, -0.2) is 13.8 Å². The first-order chi connectivity index (χ1) is 12.0. The van der Waals surface area contributed by atoms with Crippen molar-refractivity contribution in [3.05, 3.63) is 69.2 Å². The van der Waals surface area contributed by atoms with Crippen LogP contribution in [0.2, 0.25) is 9.36 Å². The molecule has 0 aliphatic heterocycles. The lowest BCUT2D eigenvalue weighted by molar-refractivity contribution is 0.602. The van der Waals surface area contributed by atoms with Crippen LogP contribution < -0.4 is 10.0 Å². The summed E-state index contributed by atoms with van der Waals surface area (Å²) in [6, 6.07) is 9.14. The number of benzene rings is 2. The Bertz CT molecular complexity index is 890. The minimum absolute atomic E-state index is 0.203. The lowest BCUT2D eigenvalue weighted by Crippen LogP contribution is -2.03. The zero-order valence-corrected chi connectivity index (χ0v) is 15.7. The first kappa shape index (κ1) is 18.3. The van der Waals surface area contributed by atoms with Gasteiger partial charge in [-0.3, -0.25) is 0 Å². The van der Waals surface area contributed by atoms with E-state index in [0.717, 1.165) is 11.9 Å². The number of rotatable bonds is 6. The Morgan fingerprint density at radius 3 is 2.64 bits per heavy atom. The monoisotopic (exact) mass is 417 g/mol. The Kier molecular flexibility index (Phi) is 6.01. The molecule has 3 aromatic rings. The molecule has 0 bridgehead atoms. The van der Waals surface area contributed by atoms with Crippen molar-refractivity contribution in [1.29, 1.82) is 0 Å². The Labute approximate surface area is 161 Å².